The molecule has 11 nitrogen and oxygen atoms in total. The van der Waals surface area contributed by atoms with Crippen LogP contribution in [-0.2, 0) is 14.2 Å². The number of aliphatic hydroxyl groups is 2. The maximum absolute atomic E-state index is 10.6. The molecule has 0 bridgehead atoms. The second-order valence-corrected chi connectivity index (χ2v) is 8.54. The van der Waals surface area contributed by atoms with E-state index in [0.29, 0.717) is 36.2 Å². The number of ether oxygens (including phenoxy) is 3. The van der Waals surface area contributed by atoms with E-state index in [1.165, 1.54) is 19.1 Å². The number of hydrogen-bond acceptors (Lipinski definition) is 10. The first-order chi connectivity index (χ1) is 15.1. The molecule has 12 heteroatoms. The Hall–Kier alpha value is -2.12. The lowest BCUT2D eigenvalue weighted by Crippen LogP contribution is -2.41. The summed E-state index contributed by atoms with van der Waals surface area (Å²) in [6.45, 7) is 1.36. The summed E-state index contributed by atoms with van der Waals surface area (Å²) in [6, 6.07) is 0.521. The lowest BCUT2D eigenvalue weighted by Gasteiger charge is -2.27. The number of aliphatic hydroxyl groups excluding tert-OH is 2. The Morgan fingerprint density at radius 2 is 2.06 bits per heavy atom. The number of hydrogen-bond donors (Lipinski definition) is 4. The van der Waals surface area contributed by atoms with Crippen LogP contribution in [0.5, 0.6) is 0 Å². The normalized spacial score (nSPS) is 31.0. The van der Waals surface area contributed by atoms with Gasteiger partial charge in [-0.05, 0) is 37.9 Å². The van der Waals surface area contributed by atoms with Gasteiger partial charge in [0.05, 0.1) is 19.0 Å². The number of fused-ring (bicyclic) bond motifs is 1. The summed E-state index contributed by atoms with van der Waals surface area (Å²) in [4.78, 5) is 13.0. The molecule has 0 aromatic carbocycles. The molecule has 4 N–H and O–H groups in total. The molecule has 5 rings (SSSR count). The molecule has 3 fully saturated rings. The van der Waals surface area contributed by atoms with Crippen LogP contribution in [0, 0.1) is 0 Å². The zero-order chi connectivity index (χ0) is 21.4. The largest absolute Gasteiger partial charge is 0.468 e. The second-order valence-electron chi connectivity index (χ2n) is 8.17. The van der Waals surface area contributed by atoms with Gasteiger partial charge in [0.15, 0.2) is 23.2 Å². The quantitative estimate of drug-likeness (QED) is 0.446. The third kappa shape index (κ3) is 4.17. The molecule has 4 heterocycles. The number of aromatic nitrogens is 4. The minimum absolute atomic E-state index is 0.0311. The van der Waals surface area contributed by atoms with Crippen molar-refractivity contribution < 1.29 is 24.4 Å². The molecule has 3 aliphatic rings. The van der Waals surface area contributed by atoms with Crippen LogP contribution in [0.1, 0.15) is 31.9 Å². The topological polar surface area (TPSA) is 136 Å². The Labute approximate surface area is 184 Å². The van der Waals surface area contributed by atoms with Crippen molar-refractivity contribution in [3.63, 3.8) is 0 Å². The standard InChI is InChI=1S/C19H26N6O5S/c26-14-12(7-29-19(31)24-10-2-1-3-10)30-18(15(14)27)25-9-22-13-16(20-8-21-17(13)25)23-11-4-5-28-6-11/h8-12,14-15,18,26-27H,1-7H2,(H,24,31)(H,20,21,23)/t11-,12?,14?,15?,18?/m1/s1. The van der Waals surface area contributed by atoms with Crippen molar-refractivity contribution in [1.82, 2.24) is 24.8 Å². The van der Waals surface area contributed by atoms with Gasteiger partial charge in [0.25, 0.3) is 5.17 Å². The molecule has 0 radical (unpaired) electrons. The van der Waals surface area contributed by atoms with Crippen molar-refractivity contribution in [2.45, 2.75) is 62.3 Å². The van der Waals surface area contributed by atoms with Gasteiger partial charge in [-0.15, -0.1) is 0 Å². The Morgan fingerprint density at radius 3 is 2.81 bits per heavy atom. The number of thiocarbonyl (C=S) groups is 1. The third-order valence-corrected chi connectivity index (χ3v) is 6.28. The predicted octanol–water partition coefficient (Wildman–Crippen LogP) is 0.0899. The maximum Gasteiger partial charge on any atom is 0.256 e. The summed E-state index contributed by atoms with van der Waals surface area (Å²) in [7, 11) is 0. The van der Waals surface area contributed by atoms with Gasteiger partial charge in [-0.3, -0.25) is 4.57 Å². The minimum atomic E-state index is -1.17. The SMILES string of the molecule is OC1C(COC(=S)NC2CCC2)OC(n2cnc3c(N[C@@H]4CCOC4)ncnc32)C1O. The first kappa shape index (κ1) is 20.8. The van der Waals surface area contributed by atoms with Gasteiger partial charge in [-0.1, -0.05) is 0 Å². The van der Waals surface area contributed by atoms with Crippen molar-refractivity contribution in [1.29, 1.82) is 0 Å². The molecule has 2 aromatic rings. The Morgan fingerprint density at radius 1 is 1.19 bits per heavy atom. The number of imidazole rings is 1. The second kappa shape index (κ2) is 8.79. The summed E-state index contributed by atoms with van der Waals surface area (Å²) in [5.74, 6) is 0.597. The molecular weight excluding hydrogens is 424 g/mol. The molecule has 5 atom stereocenters. The predicted molar refractivity (Wildman–Crippen MR) is 113 cm³/mol. The van der Waals surface area contributed by atoms with Crippen LogP contribution in [0.3, 0.4) is 0 Å². The molecule has 168 valence electrons. The van der Waals surface area contributed by atoms with E-state index in [9.17, 15) is 10.2 Å². The van der Waals surface area contributed by atoms with Crippen LogP contribution >= 0.6 is 12.2 Å². The van der Waals surface area contributed by atoms with E-state index >= 15 is 0 Å². The van der Waals surface area contributed by atoms with Gasteiger partial charge in [0.1, 0.15) is 31.2 Å². The highest BCUT2D eigenvalue weighted by Gasteiger charge is 2.45. The van der Waals surface area contributed by atoms with E-state index < -0.39 is 24.5 Å². The van der Waals surface area contributed by atoms with Gasteiger partial charge < -0.3 is 35.1 Å². The summed E-state index contributed by atoms with van der Waals surface area (Å²) < 4.78 is 18.5. The zero-order valence-electron chi connectivity index (χ0n) is 16.9. The zero-order valence-corrected chi connectivity index (χ0v) is 17.7. The Bertz CT molecular complexity index is 934. The van der Waals surface area contributed by atoms with Crippen LogP contribution in [0.4, 0.5) is 5.82 Å². The van der Waals surface area contributed by atoms with Crippen molar-refractivity contribution >= 4 is 34.4 Å². The fraction of sp³-hybridized carbons (Fsp3) is 0.684. The van der Waals surface area contributed by atoms with Crippen molar-refractivity contribution in [2.24, 2.45) is 0 Å². The molecule has 31 heavy (non-hydrogen) atoms. The lowest BCUT2D eigenvalue weighted by molar-refractivity contribution is -0.0492. The Balaban J connectivity index is 1.27. The minimum Gasteiger partial charge on any atom is -0.468 e. The van der Waals surface area contributed by atoms with Crippen LogP contribution in [0.2, 0.25) is 0 Å². The molecular formula is C19H26N6O5S. The van der Waals surface area contributed by atoms with Crippen molar-refractivity contribution in [3.05, 3.63) is 12.7 Å². The molecule has 2 saturated heterocycles. The average molecular weight is 451 g/mol. The molecule has 2 aromatic heterocycles. The monoisotopic (exact) mass is 450 g/mol. The Kier molecular flexibility index (Phi) is 5.89. The van der Waals surface area contributed by atoms with E-state index in [1.807, 2.05) is 0 Å². The van der Waals surface area contributed by atoms with Gasteiger partial charge in [0.2, 0.25) is 0 Å². The van der Waals surface area contributed by atoms with E-state index in [1.54, 1.807) is 4.57 Å². The number of anilines is 1. The van der Waals surface area contributed by atoms with Crippen molar-refractivity contribution in [2.75, 3.05) is 25.1 Å². The lowest BCUT2D eigenvalue weighted by atomic mass is 9.93. The van der Waals surface area contributed by atoms with Gasteiger partial charge in [-0.2, -0.15) is 0 Å². The average Bonchev–Trinajstić information content (AvgIpc) is 3.45. The highest BCUT2D eigenvalue weighted by atomic mass is 32.1. The highest BCUT2D eigenvalue weighted by Crippen LogP contribution is 2.32. The van der Waals surface area contributed by atoms with Gasteiger partial charge in [-0.25, -0.2) is 15.0 Å². The van der Waals surface area contributed by atoms with E-state index in [0.717, 1.165) is 19.3 Å². The van der Waals surface area contributed by atoms with Crippen LogP contribution < -0.4 is 10.6 Å². The molecule has 1 saturated carbocycles. The van der Waals surface area contributed by atoms with Crippen molar-refractivity contribution in [3.8, 4) is 0 Å². The fourth-order valence-corrected chi connectivity index (χ4v) is 4.24. The summed E-state index contributed by atoms with van der Waals surface area (Å²) in [5.41, 5.74) is 1.06. The highest BCUT2D eigenvalue weighted by molar-refractivity contribution is 7.80. The van der Waals surface area contributed by atoms with Gasteiger partial charge in [0, 0.05) is 12.6 Å². The summed E-state index contributed by atoms with van der Waals surface area (Å²) in [5, 5.41) is 27.8. The summed E-state index contributed by atoms with van der Waals surface area (Å²) >= 11 is 5.20. The molecule has 1 aliphatic carbocycles. The number of nitrogens with one attached hydrogen (secondary N) is 2. The fourth-order valence-electron chi connectivity index (χ4n) is 4.00. The van der Waals surface area contributed by atoms with Crippen LogP contribution in [-0.4, -0.2) is 85.1 Å². The van der Waals surface area contributed by atoms with Crippen LogP contribution in [0.25, 0.3) is 11.2 Å². The molecule has 0 amide bonds. The van der Waals surface area contributed by atoms with E-state index in [4.69, 9.17) is 26.4 Å². The maximum atomic E-state index is 10.6. The third-order valence-electron chi connectivity index (χ3n) is 6.05. The van der Waals surface area contributed by atoms with Crippen LogP contribution in [0.15, 0.2) is 12.7 Å². The number of rotatable bonds is 6. The summed E-state index contributed by atoms with van der Waals surface area (Å²) in [6.07, 6.45) is 3.28. The molecule has 0 spiro atoms. The van der Waals surface area contributed by atoms with E-state index in [2.05, 4.69) is 25.6 Å². The first-order valence-electron chi connectivity index (χ1n) is 10.6. The smallest absolute Gasteiger partial charge is 0.256 e. The molecule has 2 aliphatic heterocycles. The van der Waals surface area contributed by atoms with E-state index in [-0.39, 0.29) is 17.8 Å². The molecule has 4 unspecified atom stereocenters. The van der Waals surface area contributed by atoms with Gasteiger partial charge >= 0.3 is 0 Å². The number of nitrogens with zero attached hydrogens (tertiary/aromatic N) is 4. The first-order valence-corrected chi connectivity index (χ1v) is 11.0.